The lowest BCUT2D eigenvalue weighted by Crippen LogP contribution is -2.36. The van der Waals surface area contributed by atoms with Crippen molar-refractivity contribution in [2.45, 2.75) is 13.5 Å². The second-order valence-corrected chi connectivity index (χ2v) is 3.93. The molecular weight excluding hydrogens is 220 g/mol. The molecule has 88 valence electrons. The maximum absolute atomic E-state index is 5.21. The van der Waals surface area contributed by atoms with E-state index < -0.39 is 0 Å². The van der Waals surface area contributed by atoms with Crippen LogP contribution in [0.15, 0.2) is 24.3 Å². The first-order chi connectivity index (χ1) is 7.67. The number of hydrogen-bond donors (Lipinski definition) is 1. The molecule has 0 aromatic heterocycles. The summed E-state index contributed by atoms with van der Waals surface area (Å²) in [6, 6.07) is 8.01. The van der Waals surface area contributed by atoms with Gasteiger partial charge in [0.05, 0.1) is 7.11 Å². The minimum absolute atomic E-state index is 0.776. The number of rotatable bonds is 4. The van der Waals surface area contributed by atoms with Crippen molar-refractivity contribution in [1.82, 2.24) is 10.2 Å². The van der Waals surface area contributed by atoms with Gasteiger partial charge in [0.2, 0.25) is 0 Å². The fourth-order valence-corrected chi connectivity index (χ4v) is 1.57. The fourth-order valence-electron chi connectivity index (χ4n) is 1.36. The van der Waals surface area contributed by atoms with Crippen LogP contribution in [0.25, 0.3) is 0 Å². The Balaban J connectivity index is 2.55. The van der Waals surface area contributed by atoms with Crippen molar-refractivity contribution in [3.8, 4) is 5.75 Å². The van der Waals surface area contributed by atoms with Crippen LogP contribution < -0.4 is 10.1 Å². The van der Waals surface area contributed by atoms with Gasteiger partial charge in [-0.25, -0.2) is 0 Å². The van der Waals surface area contributed by atoms with Gasteiger partial charge in [0.1, 0.15) is 5.75 Å². The Kier molecular flexibility index (Phi) is 5.05. The number of hydrogen-bond acceptors (Lipinski definition) is 2. The molecule has 0 unspecified atom stereocenters. The summed E-state index contributed by atoms with van der Waals surface area (Å²) in [6.07, 6.45) is 0. The van der Waals surface area contributed by atoms with E-state index in [1.54, 1.807) is 7.11 Å². The van der Waals surface area contributed by atoms with E-state index in [4.69, 9.17) is 17.0 Å². The van der Waals surface area contributed by atoms with Crippen molar-refractivity contribution in [1.29, 1.82) is 0 Å². The summed E-state index contributed by atoms with van der Waals surface area (Å²) < 4.78 is 5.11. The van der Waals surface area contributed by atoms with E-state index in [-0.39, 0.29) is 0 Å². The van der Waals surface area contributed by atoms with Crippen molar-refractivity contribution in [3.63, 3.8) is 0 Å². The largest absolute Gasteiger partial charge is 0.497 e. The predicted molar refractivity (Wildman–Crippen MR) is 70.7 cm³/mol. The highest BCUT2D eigenvalue weighted by Crippen LogP contribution is 2.12. The highest BCUT2D eigenvalue weighted by molar-refractivity contribution is 7.80. The number of methoxy groups -OCH3 is 1. The van der Waals surface area contributed by atoms with Gasteiger partial charge < -0.3 is 15.0 Å². The molecule has 0 spiro atoms. The third kappa shape index (κ3) is 3.70. The van der Waals surface area contributed by atoms with Gasteiger partial charge in [0.15, 0.2) is 5.11 Å². The Bertz CT molecular complexity index is 337. The lowest BCUT2D eigenvalue weighted by Gasteiger charge is -2.20. The van der Waals surface area contributed by atoms with Crippen LogP contribution in [0.5, 0.6) is 5.75 Å². The molecule has 4 heteroatoms. The summed E-state index contributed by atoms with van der Waals surface area (Å²) in [4.78, 5) is 2.01. The van der Waals surface area contributed by atoms with Crippen LogP contribution in [0.4, 0.5) is 0 Å². The van der Waals surface area contributed by atoms with Gasteiger partial charge >= 0.3 is 0 Å². The molecule has 1 aromatic rings. The smallest absolute Gasteiger partial charge is 0.168 e. The molecule has 0 radical (unpaired) electrons. The molecule has 0 fully saturated rings. The minimum atomic E-state index is 0.776. The molecule has 16 heavy (non-hydrogen) atoms. The van der Waals surface area contributed by atoms with Crippen LogP contribution in [0, 0.1) is 0 Å². The highest BCUT2D eigenvalue weighted by Gasteiger charge is 2.03. The molecule has 3 nitrogen and oxygen atoms in total. The fraction of sp³-hybridized carbons (Fsp3) is 0.417. The Labute approximate surface area is 102 Å². The number of nitrogens with one attached hydrogen (secondary N) is 1. The van der Waals surface area contributed by atoms with Gasteiger partial charge in [0.25, 0.3) is 0 Å². The van der Waals surface area contributed by atoms with E-state index in [0.29, 0.717) is 0 Å². The first-order valence-corrected chi connectivity index (χ1v) is 5.70. The summed E-state index contributed by atoms with van der Waals surface area (Å²) in [5.74, 6) is 0.876. The van der Waals surface area contributed by atoms with Crippen molar-refractivity contribution in [3.05, 3.63) is 29.8 Å². The van der Waals surface area contributed by atoms with Crippen LogP contribution in [0.1, 0.15) is 12.5 Å². The third-order valence-electron chi connectivity index (χ3n) is 2.25. The summed E-state index contributed by atoms with van der Waals surface area (Å²) in [7, 11) is 3.65. The summed E-state index contributed by atoms with van der Waals surface area (Å²) in [5.41, 5.74) is 1.21. The molecule has 1 rings (SSSR count). The molecule has 0 aliphatic heterocycles. The first-order valence-electron chi connectivity index (χ1n) is 5.29. The molecule has 0 aliphatic rings. The van der Waals surface area contributed by atoms with Crippen LogP contribution in [-0.2, 0) is 6.54 Å². The lowest BCUT2D eigenvalue weighted by molar-refractivity contribution is 0.414. The summed E-state index contributed by atoms with van der Waals surface area (Å²) >= 11 is 5.21. The minimum Gasteiger partial charge on any atom is -0.497 e. The zero-order valence-electron chi connectivity index (χ0n) is 9.99. The lowest BCUT2D eigenvalue weighted by atomic mass is 10.2. The van der Waals surface area contributed by atoms with Gasteiger partial charge in [-0.1, -0.05) is 12.1 Å². The van der Waals surface area contributed by atoms with Crippen LogP contribution >= 0.6 is 12.2 Å². The van der Waals surface area contributed by atoms with Gasteiger partial charge in [0, 0.05) is 20.1 Å². The van der Waals surface area contributed by atoms with Gasteiger partial charge in [-0.3, -0.25) is 0 Å². The zero-order valence-corrected chi connectivity index (χ0v) is 10.8. The normalized spacial score (nSPS) is 9.69. The SMILES string of the molecule is CCNC(=S)N(C)Cc1ccc(OC)cc1. The Hall–Kier alpha value is -1.29. The summed E-state index contributed by atoms with van der Waals surface area (Å²) in [5, 5.41) is 3.90. The van der Waals surface area contributed by atoms with E-state index in [1.807, 2.05) is 43.1 Å². The number of ether oxygens (including phenoxy) is 1. The summed E-state index contributed by atoms with van der Waals surface area (Å²) in [6.45, 7) is 3.69. The third-order valence-corrected chi connectivity index (χ3v) is 2.71. The average Bonchev–Trinajstić information content (AvgIpc) is 2.30. The number of benzene rings is 1. The maximum Gasteiger partial charge on any atom is 0.168 e. The molecule has 0 amide bonds. The predicted octanol–water partition coefficient (Wildman–Crippen LogP) is 2.02. The van der Waals surface area contributed by atoms with E-state index in [9.17, 15) is 0 Å². The van der Waals surface area contributed by atoms with Crippen LogP contribution in [0.2, 0.25) is 0 Å². The van der Waals surface area contributed by atoms with Crippen LogP contribution in [0.3, 0.4) is 0 Å². The quantitative estimate of drug-likeness (QED) is 0.811. The van der Waals surface area contributed by atoms with Crippen molar-refractivity contribution >= 4 is 17.3 Å². The van der Waals surface area contributed by atoms with Crippen LogP contribution in [-0.4, -0.2) is 30.7 Å². The molecule has 0 saturated heterocycles. The van der Waals surface area contributed by atoms with E-state index in [2.05, 4.69) is 5.32 Å². The van der Waals surface area contributed by atoms with Gasteiger partial charge in [-0.15, -0.1) is 0 Å². The first kappa shape index (κ1) is 12.8. The topological polar surface area (TPSA) is 24.5 Å². The number of nitrogens with zero attached hydrogens (tertiary/aromatic N) is 1. The molecular formula is C12H18N2OS. The Morgan fingerprint density at radius 2 is 2.00 bits per heavy atom. The second kappa shape index (κ2) is 6.33. The molecule has 1 aromatic carbocycles. The van der Waals surface area contributed by atoms with Gasteiger partial charge in [-0.05, 0) is 36.8 Å². The van der Waals surface area contributed by atoms with E-state index in [1.165, 1.54) is 5.56 Å². The Morgan fingerprint density at radius 3 is 2.50 bits per heavy atom. The van der Waals surface area contributed by atoms with Crippen molar-refractivity contribution in [2.24, 2.45) is 0 Å². The van der Waals surface area contributed by atoms with E-state index >= 15 is 0 Å². The second-order valence-electron chi connectivity index (χ2n) is 3.54. The molecule has 0 bridgehead atoms. The van der Waals surface area contributed by atoms with Gasteiger partial charge in [-0.2, -0.15) is 0 Å². The maximum atomic E-state index is 5.21. The standard InChI is InChI=1S/C12H18N2OS/c1-4-13-12(16)14(2)9-10-5-7-11(15-3)8-6-10/h5-8H,4,9H2,1-3H3,(H,13,16). The monoisotopic (exact) mass is 238 g/mol. The molecule has 0 atom stereocenters. The van der Waals surface area contributed by atoms with E-state index in [0.717, 1.165) is 24.0 Å². The van der Waals surface area contributed by atoms with Crippen molar-refractivity contribution in [2.75, 3.05) is 20.7 Å². The number of thiocarbonyl (C=S) groups is 1. The average molecular weight is 238 g/mol. The van der Waals surface area contributed by atoms with Crippen molar-refractivity contribution < 1.29 is 4.74 Å². The Morgan fingerprint density at radius 1 is 1.38 bits per heavy atom. The zero-order chi connectivity index (χ0) is 12.0. The molecule has 1 N–H and O–H groups in total. The highest BCUT2D eigenvalue weighted by atomic mass is 32.1. The molecule has 0 aliphatic carbocycles. The molecule has 0 heterocycles. The molecule has 0 saturated carbocycles.